The number of rotatable bonds is 2. The van der Waals surface area contributed by atoms with Gasteiger partial charge in [0, 0.05) is 0 Å². The molecular formula is C7H14S3. The molecule has 1 aliphatic rings. The molecule has 2 atom stereocenters. The van der Waals surface area contributed by atoms with Crippen molar-refractivity contribution in [1.82, 2.24) is 0 Å². The summed E-state index contributed by atoms with van der Waals surface area (Å²) in [5.41, 5.74) is 0. The third-order valence-electron chi connectivity index (χ3n) is 1.71. The topological polar surface area (TPSA) is 0 Å². The van der Waals surface area contributed by atoms with Crippen LogP contribution in [0.15, 0.2) is 0 Å². The minimum absolute atomic E-state index is 0.881. The van der Waals surface area contributed by atoms with Crippen LogP contribution in [0.1, 0.15) is 19.3 Å². The molecule has 0 amide bonds. The van der Waals surface area contributed by atoms with Crippen molar-refractivity contribution >= 4 is 35.3 Å². The zero-order valence-corrected chi connectivity index (χ0v) is 8.95. The molecule has 0 aromatic rings. The average Bonchev–Trinajstić information content (AvgIpc) is 2.05. The van der Waals surface area contributed by atoms with Gasteiger partial charge < -0.3 is 0 Å². The minimum Gasteiger partial charge on any atom is -0.151 e. The Kier molecular flexibility index (Phi) is 4.42. The van der Waals surface area contributed by atoms with E-state index in [4.69, 9.17) is 0 Å². The Morgan fingerprint density at radius 3 is 2.00 bits per heavy atom. The Balaban J connectivity index is 2.25. The van der Waals surface area contributed by atoms with Crippen LogP contribution >= 0.6 is 35.3 Å². The van der Waals surface area contributed by atoms with E-state index >= 15 is 0 Å². The molecule has 1 rings (SSSR count). The first-order valence-corrected chi connectivity index (χ1v) is 7.09. The summed E-state index contributed by atoms with van der Waals surface area (Å²) in [7, 11) is 0. The molecule has 1 fully saturated rings. The molecule has 0 saturated carbocycles. The van der Waals surface area contributed by atoms with Crippen molar-refractivity contribution < 1.29 is 0 Å². The Hall–Kier alpha value is 1.05. The van der Waals surface area contributed by atoms with Gasteiger partial charge in [0.2, 0.25) is 0 Å². The van der Waals surface area contributed by atoms with E-state index in [0.717, 1.165) is 9.16 Å². The molecule has 0 aliphatic carbocycles. The predicted molar refractivity (Wildman–Crippen MR) is 56.0 cm³/mol. The van der Waals surface area contributed by atoms with Crippen LogP contribution in [-0.4, -0.2) is 21.7 Å². The highest BCUT2D eigenvalue weighted by molar-refractivity contribution is 8.23. The fraction of sp³-hybridized carbons (Fsp3) is 1.00. The van der Waals surface area contributed by atoms with Gasteiger partial charge in [-0.3, -0.25) is 0 Å². The maximum atomic E-state index is 2.22. The van der Waals surface area contributed by atoms with Gasteiger partial charge in [-0.25, -0.2) is 0 Å². The molecule has 0 nitrogen and oxygen atoms in total. The van der Waals surface area contributed by atoms with E-state index in [1.807, 2.05) is 23.5 Å². The van der Waals surface area contributed by atoms with Gasteiger partial charge >= 0.3 is 0 Å². The molecule has 1 saturated heterocycles. The second-order valence-electron chi connectivity index (χ2n) is 2.40. The molecule has 2 unspecified atom stereocenters. The predicted octanol–water partition coefficient (Wildman–Crippen LogP) is 3.28. The van der Waals surface area contributed by atoms with E-state index in [9.17, 15) is 0 Å². The molecule has 0 N–H and O–H groups in total. The second-order valence-corrected chi connectivity index (χ2v) is 6.49. The van der Waals surface area contributed by atoms with Crippen LogP contribution in [0.4, 0.5) is 0 Å². The number of thioether (sulfide) groups is 3. The standard InChI is InChI=1S/C7H14S3/c1-8-6-4-3-5-7(9-2)10-6/h6-7H,3-5H2,1-2H3. The van der Waals surface area contributed by atoms with Crippen LogP contribution in [0.5, 0.6) is 0 Å². The maximum absolute atomic E-state index is 2.22. The van der Waals surface area contributed by atoms with Gasteiger partial charge in [-0.05, 0) is 31.8 Å². The van der Waals surface area contributed by atoms with Gasteiger partial charge in [0.1, 0.15) is 0 Å². The smallest absolute Gasteiger partial charge is 0.0510 e. The number of hydrogen-bond acceptors (Lipinski definition) is 3. The highest BCUT2D eigenvalue weighted by Crippen LogP contribution is 2.40. The zero-order valence-electron chi connectivity index (χ0n) is 6.50. The van der Waals surface area contributed by atoms with Crippen LogP contribution in [0, 0.1) is 0 Å². The first-order valence-electron chi connectivity index (χ1n) is 3.58. The fourth-order valence-electron chi connectivity index (χ4n) is 1.10. The van der Waals surface area contributed by atoms with Gasteiger partial charge in [-0.1, -0.05) is 0 Å². The van der Waals surface area contributed by atoms with Crippen molar-refractivity contribution in [3.05, 3.63) is 0 Å². The molecule has 0 radical (unpaired) electrons. The van der Waals surface area contributed by atoms with Gasteiger partial charge in [-0.2, -0.15) is 23.5 Å². The largest absolute Gasteiger partial charge is 0.151 e. The molecule has 0 bridgehead atoms. The van der Waals surface area contributed by atoms with Crippen molar-refractivity contribution in [2.75, 3.05) is 12.5 Å². The number of hydrogen-bond donors (Lipinski definition) is 0. The Bertz CT molecular complexity index is 84.9. The Labute approximate surface area is 76.3 Å². The summed E-state index contributed by atoms with van der Waals surface area (Å²) in [4.78, 5) is 0. The van der Waals surface area contributed by atoms with Crippen LogP contribution in [-0.2, 0) is 0 Å². The van der Waals surface area contributed by atoms with E-state index in [2.05, 4.69) is 24.3 Å². The first-order chi connectivity index (χ1) is 4.86. The molecule has 0 aromatic carbocycles. The van der Waals surface area contributed by atoms with Crippen LogP contribution in [0.2, 0.25) is 0 Å². The summed E-state index contributed by atoms with van der Waals surface area (Å²) < 4.78 is 1.76. The molecule has 1 aliphatic heterocycles. The third-order valence-corrected chi connectivity index (χ3v) is 6.13. The van der Waals surface area contributed by atoms with Crippen molar-refractivity contribution in [2.45, 2.75) is 28.4 Å². The molecule has 3 heteroatoms. The SMILES string of the molecule is CSC1CCCC(SC)S1. The molecule has 1 heterocycles. The summed E-state index contributed by atoms with van der Waals surface area (Å²) in [5.74, 6) is 0. The summed E-state index contributed by atoms with van der Waals surface area (Å²) in [6.45, 7) is 0. The summed E-state index contributed by atoms with van der Waals surface area (Å²) in [6.07, 6.45) is 8.72. The molecular weight excluding hydrogens is 180 g/mol. The van der Waals surface area contributed by atoms with Crippen LogP contribution < -0.4 is 0 Å². The van der Waals surface area contributed by atoms with E-state index < -0.39 is 0 Å². The lowest BCUT2D eigenvalue weighted by Crippen LogP contribution is -2.11. The Morgan fingerprint density at radius 2 is 1.60 bits per heavy atom. The molecule has 10 heavy (non-hydrogen) atoms. The van der Waals surface area contributed by atoms with Gasteiger partial charge in [0.25, 0.3) is 0 Å². The Morgan fingerprint density at radius 1 is 1.10 bits per heavy atom. The quantitative estimate of drug-likeness (QED) is 0.662. The minimum atomic E-state index is 0.881. The van der Waals surface area contributed by atoms with Gasteiger partial charge in [-0.15, -0.1) is 11.8 Å². The first kappa shape index (κ1) is 9.14. The fourth-order valence-corrected chi connectivity index (χ4v) is 4.76. The van der Waals surface area contributed by atoms with E-state index in [1.54, 1.807) is 0 Å². The lowest BCUT2D eigenvalue weighted by Gasteiger charge is -2.25. The van der Waals surface area contributed by atoms with Crippen LogP contribution in [0.3, 0.4) is 0 Å². The summed E-state index contributed by atoms with van der Waals surface area (Å²) >= 11 is 6.19. The second kappa shape index (κ2) is 4.83. The van der Waals surface area contributed by atoms with Crippen molar-refractivity contribution in [3.8, 4) is 0 Å². The van der Waals surface area contributed by atoms with Gasteiger partial charge in [0.05, 0.1) is 9.16 Å². The lowest BCUT2D eigenvalue weighted by molar-refractivity contribution is 0.731. The zero-order chi connectivity index (χ0) is 7.40. The summed E-state index contributed by atoms with van der Waals surface area (Å²) in [6, 6.07) is 0. The maximum Gasteiger partial charge on any atom is 0.0510 e. The molecule has 0 spiro atoms. The third kappa shape index (κ3) is 2.59. The normalized spacial score (nSPS) is 34.2. The van der Waals surface area contributed by atoms with E-state index in [1.165, 1.54) is 19.3 Å². The molecule has 0 aromatic heterocycles. The summed E-state index contributed by atoms with van der Waals surface area (Å²) in [5, 5.41) is 0. The average molecular weight is 194 g/mol. The lowest BCUT2D eigenvalue weighted by atomic mass is 10.3. The highest BCUT2D eigenvalue weighted by atomic mass is 32.2. The highest BCUT2D eigenvalue weighted by Gasteiger charge is 2.20. The van der Waals surface area contributed by atoms with Crippen LogP contribution in [0.25, 0.3) is 0 Å². The monoisotopic (exact) mass is 194 g/mol. The van der Waals surface area contributed by atoms with E-state index in [0.29, 0.717) is 0 Å². The van der Waals surface area contributed by atoms with Crippen molar-refractivity contribution in [2.24, 2.45) is 0 Å². The molecule has 60 valence electrons. The van der Waals surface area contributed by atoms with E-state index in [-0.39, 0.29) is 0 Å². The van der Waals surface area contributed by atoms with Gasteiger partial charge in [0.15, 0.2) is 0 Å². The van der Waals surface area contributed by atoms with Crippen molar-refractivity contribution in [1.29, 1.82) is 0 Å². The van der Waals surface area contributed by atoms with Crippen molar-refractivity contribution in [3.63, 3.8) is 0 Å².